The maximum atomic E-state index is 11.3. The van der Waals surface area contributed by atoms with E-state index in [1.807, 2.05) is 0 Å². The number of hydrogen-bond acceptors (Lipinski definition) is 5. The van der Waals surface area contributed by atoms with E-state index in [0.29, 0.717) is 0 Å². The molecule has 1 aromatic rings. The van der Waals surface area contributed by atoms with Gasteiger partial charge in [-0.3, -0.25) is 14.4 Å². The maximum absolute atomic E-state index is 11.3. The van der Waals surface area contributed by atoms with Crippen molar-refractivity contribution in [1.82, 2.24) is 4.98 Å². The number of carbonyl (C=O) groups excluding carboxylic acids is 2. The fraction of sp³-hybridized carbons (Fsp3) is 0.222. The summed E-state index contributed by atoms with van der Waals surface area (Å²) in [5, 5.41) is 0. The molecule has 0 fully saturated rings. The van der Waals surface area contributed by atoms with Crippen molar-refractivity contribution in [3.63, 3.8) is 0 Å². The van der Waals surface area contributed by atoms with Crippen molar-refractivity contribution in [2.75, 3.05) is 6.79 Å². The highest BCUT2D eigenvalue weighted by Crippen LogP contribution is 2.08. The van der Waals surface area contributed by atoms with Crippen LogP contribution in [0.4, 0.5) is 0 Å². The molecule has 0 unspecified atom stereocenters. The van der Waals surface area contributed by atoms with Gasteiger partial charge in [0.2, 0.25) is 12.2 Å². The third-order valence-corrected chi connectivity index (χ3v) is 1.63. The van der Waals surface area contributed by atoms with E-state index in [0.717, 1.165) is 6.07 Å². The Balaban J connectivity index is 2.89. The van der Waals surface area contributed by atoms with E-state index in [1.165, 1.54) is 13.1 Å². The Bertz CT molecular complexity index is 465. The van der Waals surface area contributed by atoms with Crippen molar-refractivity contribution in [2.24, 2.45) is 5.73 Å². The van der Waals surface area contributed by atoms with Gasteiger partial charge < -0.3 is 20.2 Å². The van der Waals surface area contributed by atoms with Crippen LogP contribution >= 0.6 is 0 Å². The molecule has 0 aromatic carbocycles. The number of nitrogens with two attached hydrogens (primary N) is 1. The van der Waals surface area contributed by atoms with Crippen molar-refractivity contribution in [2.45, 2.75) is 6.92 Å². The number of amides is 1. The molecule has 7 heteroatoms. The molecule has 1 rings (SSSR count). The fourth-order valence-corrected chi connectivity index (χ4v) is 0.963. The molecule has 7 nitrogen and oxygen atoms in total. The Hall–Kier alpha value is -2.31. The first kappa shape index (κ1) is 11.8. The zero-order valence-corrected chi connectivity index (χ0v) is 8.48. The van der Waals surface area contributed by atoms with Crippen molar-refractivity contribution >= 4 is 11.9 Å². The number of nitrogens with one attached hydrogen (secondary N) is 1. The molecule has 3 N–H and O–H groups in total. The van der Waals surface area contributed by atoms with E-state index in [2.05, 4.69) is 9.72 Å². The summed E-state index contributed by atoms with van der Waals surface area (Å²) < 4.78 is 9.32. The van der Waals surface area contributed by atoms with Crippen molar-refractivity contribution in [3.8, 4) is 5.75 Å². The van der Waals surface area contributed by atoms with Crippen LogP contribution in [0.5, 0.6) is 5.75 Å². The zero-order valence-electron chi connectivity index (χ0n) is 8.48. The van der Waals surface area contributed by atoms with E-state index in [9.17, 15) is 14.4 Å². The molecule has 16 heavy (non-hydrogen) atoms. The summed E-state index contributed by atoms with van der Waals surface area (Å²) in [5.74, 6) is -1.67. The molecular weight excluding hydrogens is 216 g/mol. The van der Waals surface area contributed by atoms with E-state index in [1.54, 1.807) is 0 Å². The van der Waals surface area contributed by atoms with Crippen LogP contribution in [0, 0.1) is 0 Å². The number of rotatable bonds is 4. The zero-order chi connectivity index (χ0) is 12.1. The second kappa shape index (κ2) is 4.96. The van der Waals surface area contributed by atoms with Gasteiger partial charge in [-0.1, -0.05) is 0 Å². The van der Waals surface area contributed by atoms with E-state index >= 15 is 0 Å². The van der Waals surface area contributed by atoms with Crippen LogP contribution in [0.25, 0.3) is 0 Å². The van der Waals surface area contributed by atoms with Crippen LogP contribution in [-0.2, 0) is 9.53 Å². The number of aromatic nitrogens is 1. The predicted molar refractivity (Wildman–Crippen MR) is 52.8 cm³/mol. The number of hydrogen-bond donors (Lipinski definition) is 2. The first-order valence-electron chi connectivity index (χ1n) is 4.30. The summed E-state index contributed by atoms with van der Waals surface area (Å²) >= 11 is 0. The Labute approximate surface area is 90.2 Å². The summed E-state index contributed by atoms with van der Waals surface area (Å²) in [6.07, 6.45) is 1.26. The second-order valence-corrected chi connectivity index (χ2v) is 2.81. The van der Waals surface area contributed by atoms with E-state index < -0.39 is 24.1 Å². The Morgan fingerprint density at radius 3 is 2.75 bits per heavy atom. The van der Waals surface area contributed by atoms with Crippen LogP contribution in [0.15, 0.2) is 17.1 Å². The van der Waals surface area contributed by atoms with Gasteiger partial charge in [0.05, 0.1) is 0 Å². The minimum Gasteiger partial charge on any atom is -0.451 e. The van der Waals surface area contributed by atoms with Crippen LogP contribution in [0.3, 0.4) is 0 Å². The van der Waals surface area contributed by atoms with Gasteiger partial charge in [-0.25, -0.2) is 0 Å². The second-order valence-electron chi connectivity index (χ2n) is 2.81. The van der Waals surface area contributed by atoms with Gasteiger partial charge in [-0.2, -0.15) is 0 Å². The molecule has 0 saturated heterocycles. The molecule has 0 atom stereocenters. The summed E-state index contributed by atoms with van der Waals surface area (Å²) in [5.41, 5.74) is 4.32. The van der Waals surface area contributed by atoms with Crippen LogP contribution in [0.1, 0.15) is 17.4 Å². The Morgan fingerprint density at radius 2 is 2.19 bits per heavy atom. The van der Waals surface area contributed by atoms with E-state index in [4.69, 9.17) is 10.5 Å². The highest BCUT2D eigenvalue weighted by Gasteiger charge is 2.13. The van der Waals surface area contributed by atoms with Crippen LogP contribution in [0.2, 0.25) is 0 Å². The monoisotopic (exact) mass is 226 g/mol. The number of H-pyrrole nitrogens is 1. The lowest BCUT2D eigenvalue weighted by Gasteiger charge is -2.07. The standard InChI is InChI=1S/C9H10N2O5/c1-5(12)15-4-16-8-6(13)2-3-11-7(8)9(10)14/h2-3H,4H2,1H3,(H2,10,14)(H,11,13). The lowest BCUT2D eigenvalue weighted by atomic mass is 10.3. The van der Waals surface area contributed by atoms with Crippen molar-refractivity contribution in [3.05, 3.63) is 28.2 Å². The van der Waals surface area contributed by atoms with E-state index in [-0.39, 0.29) is 11.4 Å². The fourth-order valence-electron chi connectivity index (χ4n) is 0.963. The van der Waals surface area contributed by atoms with Crippen LogP contribution in [-0.4, -0.2) is 23.7 Å². The number of ether oxygens (including phenoxy) is 2. The molecule has 0 spiro atoms. The van der Waals surface area contributed by atoms with Gasteiger partial charge in [0, 0.05) is 19.2 Å². The molecular formula is C9H10N2O5. The molecule has 86 valence electrons. The Morgan fingerprint density at radius 1 is 1.50 bits per heavy atom. The maximum Gasteiger partial charge on any atom is 0.305 e. The molecule has 0 aliphatic rings. The summed E-state index contributed by atoms with van der Waals surface area (Å²) in [7, 11) is 0. The smallest absolute Gasteiger partial charge is 0.305 e. The van der Waals surface area contributed by atoms with Gasteiger partial charge in [-0.05, 0) is 0 Å². The lowest BCUT2D eigenvalue weighted by Crippen LogP contribution is -2.21. The molecule has 0 saturated carbocycles. The summed E-state index contributed by atoms with van der Waals surface area (Å²) in [6, 6.07) is 1.16. The van der Waals surface area contributed by atoms with Gasteiger partial charge in [0.25, 0.3) is 5.91 Å². The average Bonchev–Trinajstić information content (AvgIpc) is 2.19. The molecule has 0 aliphatic heterocycles. The third-order valence-electron chi connectivity index (χ3n) is 1.63. The SMILES string of the molecule is CC(=O)OCOc1c(C(N)=O)[nH]ccc1=O. The lowest BCUT2D eigenvalue weighted by molar-refractivity contribution is -0.147. The minimum atomic E-state index is -0.837. The number of carbonyl (C=O) groups is 2. The quantitative estimate of drug-likeness (QED) is 0.524. The number of esters is 1. The largest absolute Gasteiger partial charge is 0.451 e. The van der Waals surface area contributed by atoms with Gasteiger partial charge >= 0.3 is 5.97 Å². The minimum absolute atomic E-state index is 0.167. The number of aromatic amines is 1. The Kier molecular flexibility index (Phi) is 3.65. The average molecular weight is 226 g/mol. The third kappa shape index (κ3) is 2.84. The van der Waals surface area contributed by atoms with Gasteiger partial charge in [0.1, 0.15) is 0 Å². The first-order valence-corrected chi connectivity index (χ1v) is 4.30. The highest BCUT2D eigenvalue weighted by atomic mass is 16.7. The molecule has 0 bridgehead atoms. The summed E-state index contributed by atoms with van der Waals surface area (Å²) in [6.45, 7) is 0.732. The molecule has 1 amide bonds. The van der Waals surface area contributed by atoms with Gasteiger partial charge in [-0.15, -0.1) is 0 Å². The van der Waals surface area contributed by atoms with Gasteiger partial charge in [0.15, 0.2) is 11.4 Å². The number of primary amides is 1. The van der Waals surface area contributed by atoms with Crippen molar-refractivity contribution in [1.29, 1.82) is 0 Å². The molecule has 1 heterocycles. The summed E-state index contributed by atoms with van der Waals surface area (Å²) in [4.78, 5) is 35.2. The molecule has 1 aromatic heterocycles. The first-order chi connectivity index (χ1) is 7.52. The normalized spacial score (nSPS) is 9.56. The predicted octanol–water partition coefficient (Wildman–Crippen LogP) is -0.627. The molecule has 0 radical (unpaired) electrons. The highest BCUT2D eigenvalue weighted by molar-refractivity contribution is 5.93. The van der Waals surface area contributed by atoms with Crippen molar-refractivity contribution < 1.29 is 19.1 Å². The molecule has 0 aliphatic carbocycles. The number of pyridine rings is 1. The topological polar surface area (TPSA) is 111 Å². The van der Waals surface area contributed by atoms with Crippen LogP contribution < -0.4 is 15.9 Å².